The maximum Gasteiger partial charge on any atom is 0.488 e. The summed E-state index contributed by atoms with van der Waals surface area (Å²) in [6.07, 6.45) is 8.05. The predicted molar refractivity (Wildman–Crippen MR) is 124 cm³/mol. The first kappa shape index (κ1) is 19.4. The maximum atomic E-state index is 9.68. The summed E-state index contributed by atoms with van der Waals surface area (Å²) in [6.45, 7) is 0.569. The second-order valence-electron chi connectivity index (χ2n) is 10.3. The van der Waals surface area contributed by atoms with E-state index in [4.69, 9.17) is 4.74 Å². The van der Waals surface area contributed by atoms with Crippen molar-refractivity contribution in [1.29, 1.82) is 0 Å². The minimum Gasteiger partial charge on any atom is -0.489 e. The van der Waals surface area contributed by atoms with Gasteiger partial charge in [-0.1, -0.05) is 48.5 Å². The normalized spacial score (nSPS) is 28.8. The molecule has 4 fully saturated rings. The molecule has 3 nitrogen and oxygen atoms in total. The van der Waals surface area contributed by atoms with Crippen LogP contribution in [0.15, 0.2) is 60.7 Å². The number of fused-ring (bicyclic) bond motifs is 1. The molecule has 0 atom stereocenters. The van der Waals surface area contributed by atoms with Gasteiger partial charge in [-0.2, -0.15) is 0 Å². The first-order chi connectivity index (χ1) is 15.1. The Morgan fingerprint density at radius 3 is 2.13 bits per heavy atom. The molecular formula is C27H29BO3. The molecule has 0 heterocycles. The lowest BCUT2D eigenvalue weighted by molar-refractivity contribution is -0.00640. The van der Waals surface area contributed by atoms with Crippen molar-refractivity contribution >= 4 is 23.4 Å². The third kappa shape index (κ3) is 3.46. The minimum atomic E-state index is -1.44. The number of ether oxygens (including phenoxy) is 1. The molecule has 3 aromatic carbocycles. The Kier molecular flexibility index (Phi) is 4.62. The lowest BCUT2D eigenvalue weighted by atomic mass is 9.48. The summed E-state index contributed by atoms with van der Waals surface area (Å²) in [5, 5.41) is 21.5. The zero-order valence-electron chi connectivity index (χ0n) is 17.8. The number of hydrogen-bond donors (Lipinski definition) is 2. The van der Waals surface area contributed by atoms with Crippen molar-refractivity contribution in [3.63, 3.8) is 0 Å². The van der Waals surface area contributed by atoms with Gasteiger partial charge in [0.15, 0.2) is 0 Å². The second kappa shape index (κ2) is 7.39. The molecule has 4 heteroatoms. The summed E-state index contributed by atoms with van der Waals surface area (Å²) < 4.78 is 6.50. The van der Waals surface area contributed by atoms with Gasteiger partial charge in [0.05, 0.1) is 0 Å². The highest BCUT2D eigenvalue weighted by Crippen LogP contribution is 2.62. The Hall–Kier alpha value is -2.30. The van der Waals surface area contributed by atoms with E-state index >= 15 is 0 Å². The second-order valence-corrected chi connectivity index (χ2v) is 10.3. The highest BCUT2D eigenvalue weighted by molar-refractivity contribution is 6.58. The Bertz CT molecular complexity index is 1070. The van der Waals surface area contributed by atoms with Gasteiger partial charge < -0.3 is 14.8 Å². The average molecular weight is 412 g/mol. The van der Waals surface area contributed by atoms with Crippen LogP contribution in [0.5, 0.6) is 5.75 Å². The maximum absolute atomic E-state index is 9.68. The molecule has 4 aliphatic rings. The van der Waals surface area contributed by atoms with E-state index in [9.17, 15) is 10.0 Å². The molecule has 0 saturated heterocycles. The van der Waals surface area contributed by atoms with Crippen molar-refractivity contribution in [3.05, 3.63) is 71.8 Å². The van der Waals surface area contributed by atoms with Crippen molar-refractivity contribution in [2.75, 3.05) is 0 Å². The summed E-state index contributed by atoms with van der Waals surface area (Å²) >= 11 is 0. The van der Waals surface area contributed by atoms with E-state index in [2.05, 4.69) is 36.4 Å². The van der Waals surface area contributed by atoms with Crippen molar-refractivity contribution in [2.24, 2.45) is 17.8 Å². The molecule has 3 aromatic rings. The van der Waals surface area contributed by atoms with Crippen LogP contribution in [0, 0.1) is 17.8 Å². The fraction of sp³-hybridized carbons (Fsp3) is 0.407. The van der Waals surface area contributed by atoms with Gasteiger partial charge in [0, 0.05) is 5.56 Å². The molecule has 4 bridgehead atoms. The van der Waals surface area contributed by atoms with Gasteiger partial charge in [0.1, 0.15) is 12.4 Å². The Labute approximate surface area is 184 Å². The van der Waals surface area contributed by atoms with Gasteiger partial charge in [-0.25, -0.2) is 0 Å². The third-order valence-electron chi connectivity index (χ3n) is 8.11. The van der Waals surface area contributed by atoms with E-state index in [0.29, 0.717) is 12.1 Å². The number of hydrogen-bond acceptors (Lipinski definition) is 3. The van der Waals surface area contributed by atoms with Crippen LogP contribution in [0.1, 0.15) is 49.7 Å². The van der Waals surface area contributed by atoms with E-state index in [-0.39, 0.29) is 5.41 Å². The van der Waals surface area contributed by atoms with Gasteiger partial charge in [-0.05, 0) is 95.6 Å². The fourth-order valence-corrected chi connectivity index (χ4v) is 7.17. The molecule has 158 valence electrons. The van der Waals surface area contributed by atoms with E-state index < -0.39 is 7.12 Å². The molecule has 0 amide bonds. The monoisotopic (exact) mass is 412 g/mol. The average Bonchev–Trinajstić information content (AvgIpc) is 2.76. The smallest absolute Gasteiger partial charge is 0.488 e. The largest absolute Gasteiger partial charge is 0.489 e. The number of benzene rings is 3. The first-order valence-corrected chi connectivity index (χ1v) is 11.7. The van der Waals surface area contributed by atoms with Crippen molar-refractivity contribution < 1.29 is 14.8 Å². The predicted octanol–water partition coefficient (Wildman–Crippen LogP) is 4.57. The van der Waals surface area contributed by atoms with Crippen LogP contribution in [0.25, 0.3) is 10.8 Å². The van der Waals surface area contributed by atoms with E-state index in [1.54, 1.807) is 6.07 Å². The third-order valence-corrected chi connectivity index (χ3v) is 8.11. The Morgan fingerprint density at radius 2 is 1.48 bits per heavy atom. The van der Waals surface area contributed by atoms with Crippen LogP contribution in [-0.4, -0.2) is 17.2 Å². The van der Waals surface area contributed by atoms with Crippen LogP contribution >= 0.6 is 0 Å². The number of rotatable bonds is 5. The zero-order valence-corrected chi connectivity index (χ0v) is 17.8. The van der Waals surface area contributed by atoms with Crippen LogP contribution in [0.4, 0.5) is 0 Å². The lowest BCUT2D eigenvalue weighted by Gasteiger charge is -2.57. The van der Waals surface area contributed by atoms with E-state index in [1.165, 1.54) is 49.7 Å². The molecule has 0 spiro atoms. The lowest BCUT2D eigenvalue weighted by Crippen LogP contribution is -2.48. The molecule has 0 radical (unpaired) electrons. The van der Waals surface area contributed by atoms with Gasteiger partial charge in [0.25, 0.3) is 0 Å². The van der Waals surface area contributed by atoms with Gasteiger partial charge in [0.2, 0.25) is 0 Å². The van der Waals surface area contributed by atoms with E-state index in [0.717, 1.165) is 34.3 Å². The van der Waals surface area contributed by atoms with Crippen LogP contribution in [0.3, 0.4) is 0 Å². The first-order valence-electron chi connectivity index (χ1n) is 11.7. The molecular weight excluding hydrogens is 383 g/mol. The fourth-order valence-electron chi connectivity index (χ4n) is 7.17. The molecule has 7 rings (SSSR count). The summed E-state index contributed by atoms with van der Waals surface area (Å²) in [5.41, 5.74) is 3.28. The highest BCUT2D eigenvalue weighted by Gasteiger charge is 2.52. The van der Waals surface area contributed by atoms with Crippen LogP contribution < -0.4 is 10.2 Å². The standard InChI is InChI=1S/C27H29BO3/c29-28(30)24-7-6-22-13-26(31-17-18-4-2-1-3-5-18)25(12-23(22)11-24)27-14-19-8-20(15-27)10-21(9-19)16-27/h1-7,11-13,19-21,29-30H,8-10,14-17H2. The molecule has 2 N–H and O–H groups in total. The van der Waals surface area contributed by atoms with Crippen molar-refractivity contribution in [2.45, 2.75) is 50.5 Å². The molecule has 0 unspecified atom stereocenters. The zero-order chi connectivity index (χ0) is 21.0. The summed E-state index contributed by atoms with van der Waals surface area (Å²) in [6, 6.07) is 20.5. The van der Waals surface area contributed by atoms with Gasteiger partial charge in [-0.15, -0.1) is 0 Å². The molecule has 31 heavy (non-hydrogen) atoms. The topological polar surface area (TPSA) is 49.7 Å². The van der Waals surface area contributed by atoms with Crippen LogP contribution in [-0.2, 0) is 12.0 Å². The molecule has 4 saturated carbocycles. The molecule has 0 aromatic heterocycles. The Balaban J connectivity index is 1.45. The van der Waals surface area contributed by atoms with Gasteiger partial charge in [-0.3, -0.25) is 0 Å². The van der Waals surface area contributed by atoms with Gasteiger partial charge >= 0.3 is 7.12 Å². The molecule has 0 aliphatic heterocycles. The van der Waals surface area contributed by atoms with Crippen molar-refractivity contribution in [3.8, 4) is 5.75 Å². The SMILES string of the molecule is OB(O)c1ccc2cc(OCc3ccccc3)c(C34CC5CC(CC(C5)C3)C4)cc2c1. The van der Waals surface area contributed by atoms with Crippen LogP contribution in [0.2, 0.25) is 0 Å². The molecule has 4 aliphatic carbocycles. The summed E-state index contributed by atoms with van der Waals surface area (Å²) in [7, 11) is -1.44. The summed E-state index contributed by atoms with van der Waals surface area (Å²) in [4.78, 5) is 0. The summed E-state index contributed by atoms with van der Waals surface area (Å²) in [5.74, 6) is 3.58. The Morgan fingerprint density at radius 1 is 0.806 bits per heavy atom. The minimum absolute atomic E-state index is 0.211. The van der Waals surface area contributed by atoms with E-state index in [1.807, 2.05) is 18.2 Å². The van der Waals surface area contributed by atoms with Crippen molar-refractivity contribution in [1.82, 2.24) is 0 Å². The highest BCUT2D eigenvalue weighted by atomic mass is 16.5. The quantitative estimate of drug-likeness (QED) is 0.604.